The van der Waals surface area contributed by atoms with Gasteiger partial charge in [-0.3, -0.25) is 10.1 Å². The summed E-state index contributed by atoms with van der Waals surface area (Å²) in [5, 5.41) is 6.42. The topological polar surface area (TPSA) is 59.6 Å². The van der Waals surface area contributed by atoms with Crippen molar-refractivity contribution in [1.29, 1.82) is 0 Å². The number of carbonyl (C=O) groups excluding carboxylic acids is 1. The molecule has 8 heteroatoms. The SMILES string of the molecule is O=C(NC(=S)Nc1cccc(OCC2CCCO2)c1)c1ccc(Cl)cc1Cl. The van der Waals surface area contributed by atoms with Crippen molar-refractivity contribution < 1.29 is 14.3 Å². The summed E-state index contributed by atoms with van der Waals surface area (Å²) in [5.41, 5.74) is 0.992. The lowest BCUT2D eigenvalue weighted by Crippen LogP contribution is -2.34. The van der Waals surface area contributed by atoms with Crippen LogP contribution in [0.3, 0.4) is 0 Å². The number of nitrogens with one attached hydrogen (secondary N) is 2. The Morgan fingerprint density at radius 1 is 1.26 bits per heavy atom. The van der Waals surface area contributed by atoms with Gasteiger partial charge in [-0.05, 0) is 55.4 Å². The second-order valence-electron chi connectivity index (χ2n) is 6.01. The average Bonchev–Trinajstić information content (AvgIpc) is 3.13. The quantitative estimate of drug-likeness (QED) is 0.682. The molecule has 0 aliphatic carbocycles. The molecule has 1 fully saturated rings. The van der Waals surface area contributed by atoms with Crippen molar-refractivity contribution >= 4 is 52.1 Å². The number of hydrogen-bond donors (Lipinski definition) is 2. The van der Waals surface area contributed by atoms with E-state index in [1.807, 2.05) is 24.3 Å². The van der Waals surface area contributed by atoms with Gasteiger partial charge in [0, 0.05) is 23.4 Å². The van der Waals surface area contributed by atoms with Crippen LogP contribution in [0.1, 0.15) is 23.2 Å². The number of ether oxygens (including phenoxy) is 2. The number of amides is 1. The summed E-state index contributed by atoms with van der Waals surface area (Å²) in [7, 11) is 0. The van der Waals surface area contributed by atoms with Gasteiger partial charge in [0.1, 0.15) is 12.4 Å². The Morgan fingerprint density at radius 2 is 2.11 bits per heavy atom. The maximum Gasteiger partial charge on any atom is 0.258 e. The minimum absolute atomic E-state index is 0.145. The highest BCUT2D eigenvalue weighted by Gasteiger charge is 2.16. The number of thiocarbonyl (C=S) groups is 1. The van der Waals surface area contributed by atoms with E-state index in [0.717, 1.165) is 19.4 Å². The Kier molecular flexibility index (Phi) is 6.90. The Hall–Kier alpha value is -1.86. The van der Waals surface area contributed by atoms with Crippen LogP contribution >= 0.6 is 35.4 Å². The maximum atomic E-state index is 12.3. The van der Waals surface area contributed by atoms with Crippen LogP contribution in [0.2, 0.25) is 10.0 Å². The normalized spacial score (nSPS) is 16.0. The van der Waals surface area contributed by atoms with Gasteiger partial charge < -0.3 is 14.8 Å². The summed E-state index contributed by atoms with van der Waals surface area (Å²) in [6, 6.07) is 12.0. The second kappa shape index (κ2) is 9.37. The third-order valence-electron chi connectivity index (χ3n) is 3.95. The number of benzene rings is 2. The molecule has 1 amide bonds. The van der Waals surface area contributed by atoms with E-state index in [1.54, 1.807) is 12.1 Å². The molecule has 142 valence electrons. The molecule has 1 unspecified atom stereocenters. The Morgan fingerprint density at radius 3 is 2.85 bits per heavy atom. The molecule has 1 atom stereocenters. The average molecular weight is 425 g/mol. The lowest BCUT2D eigenvalue weighted by atomic mass is 10.2. The number of anilines is 1. The van der Waals surface area contributed by atoms with E-state index in [2.05, 4.69) is 10.6 Å². The first-order valence-corrected chi connectivity index (χ1v) is 9.59. The van der Waals surface area contributed by atoms with Gasteiger partial charge in [0.05, 0.1) is 16.7 Å². The van der Waals surface area contributed by atoms with Gasteiger partial charge in [-0.25, -0.2) is 0 Å². The van der Waals surface area contributed by atoms with Crippen molar-refractivity contribution in [2.45, 2.75) is 18.9 Å². The third-order valence-corrected chi connectivity index (χ3v) is 4.71. The molecule has 0 saturated carbocycles. The first-order chi connectivity index (χ1) is 13.0. The van der Waals surface area contributed by atoms with Crippen molar-refractivity contribution in [3.8, 4) is 5.75 Å². The lowest BCUT2D eigenvalue weighted by Gasteiger charge is -2.14. The van der Waals surface area contributed by atoms with E-state index in [0.29, 0.717) is 28.6 Å². The van der Waals surface area contributed by atoms with Crippen LogP contribution in [0, 0.1) is 0 Å². The molecule has 3 rings (SSSR count). The molecule has 0 bridgehead atoms. The van der Waals surface area contributed by atoms with Crippen molar-refractivity contribution in [3.63, 3.8) is 0 Å². The van der Waals surface area contributed by atoms with Gasteiger partial charge in [0.25, 0.3) is 5.91 Å². The molecular formula is C19H18Cl2N2O3S. The smallest absolute Gasteiger partial charge is 0.258 e. The molecule has 2 N–H and O–H groups in total. The van der Waals surface area contributed by atoms with Crippen molar-refractivity contribution in [1.82, 2.24) is 5.32 Å². The third kappa shape index (κ3) is 5.81. The predicted molar refractivity (Wildman–Crippen MR) is 111 cm³/mol. The summed E-state index contributed by atoms with van der Waals surface area (Å²) >= 11 is 17.1. The molecular weight excluding hydrogens is 407 g/mol. The highest BCUT2D eigenvalue weighted by atomic mass is 35.5. The molecule has 1 aliphatic heterocycles. The molecule has 0 radical (unpaired) electrons. The molecule has 27 heavy (non-hydrogen) atoms. The number of carbonyl (C=O) groups is 1. The van der Waals surface area contributed by atoms with Crippen LogP contribution in [0.25, 0.3) is 0 Å². The van der Waals surface area contributed by atoms with Gasteiger partial charge in [0.15, 0.2) is 5.11 Å². The maximum absolute atomic E-state index is 12.3. The summed E-state index contributed by atoms with van der Waals surface area (Å²) in [4.78, 5) is 12.3. The van der Waals surface area contributed by atoms with Crippen LogP contribution in [-0.2, 0) is 4.74 Å². The van der Waals surface area contributed by atoms with Crippen molar-refractivity contribution in [2.24, 2.45) is 0 Å². The molecule has 2 aromatic carbocycles. The Balaban J connectivity index is 1.55. The summed E-state index contributed by atoms with van der Waals surface area (Å²) < 4.78 is 11.3. The minimum Gasteiger partial charge on any atom is -0.491 e. The van der Waals surface area contributed by atoms with Crippen molar-refractivity contribution in [3.05, 3.63) is 58.1 Å². The first-order valence-electron chi connectivity index (χ1n) is 8.43. The van der Waals surface area contributed by atoms with Crippen LogP contribution in [0.4, 0.5) is 5.69 Å². The number of rotatable bonds is 5. The molecule has 1 heterocycles. The highest BCUT2D eigenvalue weighted by molar-refractivity contribution is 7.80. The highest BCUT2D eigenvalue weighted by Crippen LogP contribution is 2.22. The van der Waals surface area contributed by atoms with Crippen LogP contribution in [-0.4, -0.2) is 30.3 Å². The number of halogens is 2. The monoisotopic (exact) mass is 424 g/mol. The van der Waals surface area contributed by atoms with Crippen LogP contribution in [0.5, 0.6) is 5.75 Å². The molecule has 1 saturated heterocycles. The molecule has 0 spiro atoms. The molecule has 1 aliphatic rings. The fourth-order valence-electron chi connectivity index (χ4n) is 2.64. The van der Waals surface area contributed by atoms with E-state index in [9.17, 15) is 4.79 Å². The second-order valence-corrected chi connectivity index (χ2v) is 7.26. The zero-order valence-corrected chi connectivity index (χ0v) is 16.7. The van der Waals surface area contributed by atoms with E-state index in [4.69, 9.17) is 44.9 Å². The molecule has 2 aromatic rings. The fourth-order valence-corrected chi connectivity index (χ4v) is 3.34. The Labute approximate surface area is 172 Å². The standard InChI is InChI=1S/C19H18Cl2N2O3S/c20-12-6-7-16(17(21)9-12)18(24)23-19(27)22-13-3-1-4-14(10-13)26-11-15-5-2-8-25-15/h1,3-4,6-7,9-10,15H,2,5,8,11H2,(H2,22,23,24,27). The van der Waals surface area contributed by atoms with Crippen molar-refractivity contribution in [2.75, 3.05) is 18.5 Å². The zero-order valence-electron chi connectivity index (χ0n) is 14.3. The van der Waals surface area contributed by atoms with Gasteiger partial charge in [-0.15, -0.1) is 0 Å². The summed E-state index contributed by atoms with van der Waals surface area (Å²) in [6.45, 7) is 1.31. The van der Waals surface area contributed by atoms with E-state index in [-0.39, 0.29) is 16.2 Å². The fraction of sp³-hybridized carbons (Fsp3) is 0.263. The van der Waals surface area contributed by atoms with Gasteiger partial charge in [0.2, 0.25) is 0 Å². The van der Waals surface area contributed by atoms with Gasteiger partial charge >= 0.3 is 0 Å². The van der Waals surface area contributed by atoms with E-state index in [1.165, 1.54) is 6.07 Å². The first kappa shape index (κ1) is 19.9. The van der Waals surface area contributed by atoms with E-state index < -0.39 is 5.91 Å². The van der Waals surface area contributed by atoms with Gasteiger partial charge in [-0.2, -0.15) is 0 Å². The molecule has 0 aromatic heterocycles. The van der Waals surface area contributed by atoms with Crippen LogP contribution < -0.4 is 15.4 Å². The minimum atomic E-state index is -0.417. The zero-order chi connectivity index (χ0) is 19.2. The number of hydrogen-bond acceptors (Lipinski definition) is 4. The predicted octanol–water partition coefficient (Wildman–Crippen LogP) is 4.68. The van der Waals surface area contributed by atoms with Gasteiger partial charge in [-0.1, -0.05) is 29.3 Å². The lowest BCUT2D eigenvalue weighted by molar-refractivity contribution is 0.0680. The summed E-state index contributed by atoms with van der Waals surface area (Å²) in [5.74, 6) is 0.283. The van der Waals surface area contributed by atoms with Crippen LogP contribution in [0.15, 0.2) is 42.5 Å². The largest absolute Gasteiger partial charge is 0.491 e. The Bertz CT molecular complexity index is 841. The van der Waals surface area contributed by atoms with E-state index >= 15 is 0 Å². The summed E-state index contributed by atoms with van der Waals surface area (Å²) in [6.07, 6.45) is 2.23. The molecule has 5 nitrogen and oxygen atoms in total.